The maximum atomic E-state index is 12.4. The summed E-state index contributed by atoms with van der Waals surface area (Å²) >= 11 is 0. The first kappa shape index (κ1) is 17.2. The average molecular weight is 341 g/mol. The van der Waals surface area contributed by atoms with E-state index in [2.05, 4.69) is 16.5 Å². The zero-order chi connectivity index (χ0) is 17.8. The van der Waals surface area contributed by atoms with Gasteiger partial charge in [-0.3, -0.25) is 9.48 Å². The predicted octanol–water partition coefficient (Wildman–Crippen LogP) is 2.01. The Labute approximate surface area is 147 Å². The average Bonchev–Trinajstić information content (AvgIpc) is 3.26. The van der Waals surface area contributed by atoms with E-state index in [0.29, 0.717) is 17.9 Å². The second-order valence-corrected chi connectivity index (χ2v) is 6.31. The molecule has 0 spiro atoms. The van der Waals surface area contributed by atoms with Gasteiger partial charge in [0.2, 0.25) is 0 Å². The number of hydrogen-bond acceptors (Lipinski definition) is 4. The third-order valence-electron chi connectivity index (χ3n) is 4.74. The summed E-state index contributed by atoms with van der Waals surface area (Å²) in [5, 5.41) is 16.3. The molecule has 1 amide bonds. The van der Waals surface area contributed by atoms with Crippen LogP contribution in [0.1, 0.15) is 47.6 Å². The fourth-order valence-corrected chi connectivity index (χ4v) is 3.29. The van der Waals surface area contributed by atoms with Gasteiger partial charge in [-0.15, -0.1) is 0 Å². The van der Waals surface area contributed by atoms with Crippen LogP contribution in [0.15, 0.2) is 24.5 Å². The highest BCUT2D eigenvalue weighted by Gasteiger charge is 2.29. The highest BCUT2D eigenvalue weighted by Crippen LogP contribution is 2.33. The van der Waals surface area contributed by atoms with E-state index in [-0.39, 0.29) is 17.9 Å². The summed E-state index contributed by atoms with van der Waals surface area (Å²) < 4.78 is 9.46. The molecule has 2 aromatic rings. The maximum absolute atomic E-state index is 12.4. The molecule has 1 aliphatic rings. The van der Waals surface area contributed by atoms with Crippen LogP contribution in [0.25, 0.3) is 0 Å². The number of aryl methyl sites for hydroxylation is 1. The molecule has 25 heavy (non-hydrogen) atoms. The van der Waals surface area contributed by atoms with E-state index in [0.717, 1.165) is 31.6 Å². The predicted molar refractivity (Wildman–Crippen MR) is 91.8 cm³/mol. The highest BCUT2D eigenvalue weighted by molar-refractivity contribution is 5.93. The Bertz CT molecular complexity index is 786. The first-order chi connectivity index (χ1) is 12.1. The Kier molecular flexibility index (Phi) is 5.19. The van der Waals surface area contributed by atoms with Crippen molar-refractivity contribution in [2.75, 3.05) is 13.2 Å². The van der Waals surface area contributed by atoms with Crippen LogP contribution in [-0.4, -0.2) is 33.4 Å². The molecule has 0 saturated carbocycles. The van der Waals surface area contributed by atoms with Crippen molar-refractivity contribution in [3.63, 3.8) is 0 Å². The lowest BCUT2D eigenvalue weighted by Crippen LogP contribution is -2.35. The zero-order valence-corrected chi connectivity index (χ0v) is 14.6. The number of nitriles is 1. The lowest BCUT2D eigenvalue weighted by Gasteiger charge is -2.31. The van der Waals surface area contributed by atoms with Crippen LogP contribution in [0.5, 0.6) is 0 Å². The number of ether oxygens (including phenoxy) is 1. The van der Waals surface area contributed by atoms with Crippen molar-refractivity contribution < 1.29 is 9.53 Å². The van der Waals surface area contributed by atoms with Crippen molar-refractivity contribution in [2.45, 2.75) is 32.4 Å². The van der Waals surface area contributed by atoms with Gasteiger partial charge in [-0.2, -0.15) is 10.4 Å². The Hall–Kier alpha value is -2.59. The van der Waals surface area contributed by atoms with Crippen molar-refractivity contribution >= 4 is 5.91 Å². The molecule has 0 radical (unpaired) electrons. The van der Waals surface area contributed by atoms with E-state index in [1.165, 1.54) is 0 Å². The largest absolute Gasteiger partial charge is 0.373 e. The van der Waals surface area contributed by atoms with Crippen LogP contribution in [-0.2, 0) is 18.3 Å². The number of carbonyl (C=O) groups is 1. The van der Waals surface area contributed by atoms with Crippen LogP contribution in [0.4, 0.5) is 0 Å². The maximum Gasteiger partial charge on any atom is 0.267 e. The van der Waals surface area contributed by atoms with Gasteiger partial charge in [0.05, 0.1) is 12.3 Å². The molecule has 7 nitrogen and oxygen atoms in total. The van der Waals surface area contributed by atoms with E-state index in [9.17, 15) is 4.79 Å². The number of nitrogens with zero attached hydrogens (tertiary/aromatic N) is 4. The van der Waals surface area contributed by atoms with Crippen LogP contribution >= 0.6 is 0 Å². The second kappa shape index (κ2) is 7.53. The van der Waals surface area contributed by atoms with Gasteiger partial charge in [-0.1, -0.05) is 0 Å². The smallest absolute Gasteiger partial charge is 0.267 e. The number of hydrogen-bond donors (Lipinski definition) is 1. The molecule has 3 rings (SSSR count). The Morgan fingerprint density at radius 2 is 2.36 bits per heavy atom. The lowest BCUT2D eigenvalue weighted by atomic mass is 9.91. The minimum absolute atomic E-state index is 0.0440. The fourth-order valence-electron chi connectivity index (χ4n) is 3.29. The van der Waals surface area contributed by atoms with Crippen LogP contribution in [0.2, 0.25) is 0 Å². The number of nitrogens with one attached hydrogen (secondary N) is 1. The monoisotopic (exact) mass is 341 g/mol. The number of carbonyl (C=O) groups excluding carboxylic acids is 1. The first-order valence-corrected chi connectivity index (χ1v) is 8.62. The highest BCUT2D eigenvalue weighted by atomic mass is 16.5. The van der Waals surface area contributed by atoms with Crippen molar-refractivity contribution in [3.05, 3.63) is 41.5 Å². The second-order valence-electron chi connectivity index (χ2n) is 6.31. The summed E-state index contributed by atoms with van der Waals surface area (Å²) in [4.78, 5) is 12.4. The van der Waals surface area contributed by atoms with Crippen molar-refractivity contribution in [2.24, 2.45) is 13.0 Å². The molecule has 0 aliphatic carbocycles. The van der Waals surface area contributed by atoms with Gasteiger partial charge in [-0.25, -0.2) is 0 Å². The SMILES string of the molecule is CCn1cc([C@@H]2OCCC[C@H]2CNC(=O)c2ccc(C#N)n2C)cn1. The molecule has 0 unspecified atom stereocenters. The molecule has 132 valence electrons. The molecule has 7 heteroatoms. The molecule has 1 aliphatic heterocycles. The molecular weight excluding hydrogens is 318 g/mol. The Morgan fingerprint density at radius 1 is 1.52 bits per heavy atom. The van der Waals surface area contributed by atoms with Gasteiger partial charge in [0.15, 0.2) is 0 Å². The number of rotatable bonds is 5. The Morgan fingerprint density at radius 3 is 3.04 bits per heavy atom. The van der Waals surface area contributed by atoms with Gasteiger partial charge in [0, 0.05) is 44.4 Å². The van der Waals surface area contributed by atoms with Gasteiger partial charge in [-0.05, 0) is 31.9 Å². The van der Waals surface area contributed by atoms with Gasteiger partial charge < -0.3 is 14.6 Å². The molecule has 2 aromatic heterocycles. The summed E-state index contributed by atoms with van der Waals surface area (Å²) in [5.74, 6) is 0.0421. The Balaban J connectivity index is 1.66. The number of amides is 1. The summed E-state index contributed by atoms with van der Waals surface area (Å²) in [6.07, 6.45) is 5.81. The molecule has 1 fully saturated rings. The summed E-state index contributed by atoms with van der Waals surface area (Å²) in [5.41, 5.74) is 2.02. The molecule has 3 heterocycles. The third kappa shape index (κ3) is 3.59. The quantitative estimate of drug-likeness (QED) is 0.901. The van der Waals surface area contributed by atoms with Gasteiger partial charge in [0.25, 0.3) is 5.91 Å². The zero-order valence-electron chi connectivity index (χ0n) is 14.6. The molecule has 1 N–H and O–H groups in total. The van der Waals surface area contributed by atoms with Crippen LogP contribution in [0.3, 0.4) is 0 Å². The molecule has 1 saturated heterocycles. The normalized spacial score (nSPS) is 20.2. The third-order valence-corrected chi connectivity index (χ3v) is 4.74. The van der Waals surface area contributed by atoms with Crippen LogP contribution < -0.4 is 5.32 Å². The molecule has 0 aromatic carbocycles. The minimum atomic E-state index is -0.169. The molecular formula is C18H23N5O2. The lowest BCUT2D eigenvalue weighted by molar-refractivity contribution is -0.0273. The standard InChI is InChI=1S/C18H23N5O2/c1-3-23-12-14(11-21-23)17-13(5-4-8-25-17)10-20-18(24)16-7-6-15(9-19)22(16)2/h6-7,11-13,17H,3-5,8,10H2,1-2H3,(H,20,24)/t13-,17+/m0/s1. The van der Waals surface area contributed by atoms with Gasteiger partial charge in [0.1, 0.15) is 17.5 Å². The van der Waals surface area contributed by atoms with E-state index < -0.39 is 0 Å². The van der Waals surface area contributed by atoms with Crippen molar-refractivity contribution in [1.82, 2.24) is 19.7 Å². The fraction of sp³-hybridized carbons (Fsp3) is 0.500. The first-order valence-electron chi connectivity index (χ1n) is 8.62. The van der Waals surface area contributed by atoms with Gasteiger partial charge >= 0.3 is 0 Å². The van der Waals surface area contributed by atoms with E-state index in [1.807, 2.05) is 24.0 Å². The summed E-state index contributed by atoms with van der Waals surface area (Å²) in [7, 11) is 1.72. The van der Waals surface area contributed by atoms with E-state index in [4.69, 9.17) is 10.00 Å². The van der Waals surface area contributed by atoms with Crippen molar-refractivity contribution in [1.29, 1.82) is 5.26 Å². The van der Waals surface area contributed by atoms with Crippen molar-refractivity contribution in [3.8, 4) is 6.07 Å². The van der Waals surface area contributed by atoms with E-state index in [1.54, 1.807) is 23.7 Å². The summed E-state index contributed by atoms with van der Waals surface area (Å²) in [6.45, 7) is 4.14. The summed E-state index contributed by atoms with van der Waals surface area (Å²) in [6, 6.07) is 5.39. The topological polar surface area (TPSA) is 84.9 Å². The van der Waals surface area contributed by atoms with E-state index >= 15 is 0 Å². The molecule has 0 bridgehead atoms. The van der Waals surface area contributed by atoms with Crippen LogP contribution in [0, 0.1) is 17.2 Å². The number of aromatic nitrogens is 3. The molecule has 2 atom stereocenters. The minimum Gasteiger partial charge on any atom is -0.373 e.